The van der Waals surface area contributed by atoms with Gasteiger partial charge in [0.2, 0.25) is 5.95 Å². The molecule has 0 saturated carbocycles. The second-order valence-electron chi connectivity index (χ2n) is 4.52. The van der Waals surface area contributed by atoms with Crippen LogP contribution in [0.25, 0.3) is 16.7 Å². The van der Waals surface area contributed by atoms with E-state index < -0.39 is 0 Å². The van der Waals surface area contributed by atoms with E-state index in [4.69, 9.17) is 11.0 Å². The minimum absolute atomic E-state index is 0.275. The lowest BCUT2D eigenvalue weighted by molar-refractivity contribution is 0.626. The van der Waals surface area contributed by atoms with Crippen molar-refractivity contribution in [3.8, 4) is 11.8 Å². The highest BCUT2D eigenvalue weighted by Crippen LogP contribution is 2.27. The first kappa shape index (κ1) is 12.2. The van der Waals surface area contributed by atoms with Crippen LogP contribution in [0, 0.1) is 24.1 Å². The van der Waals surface area contributed by atoms with E-state index in [1.165, 1.54) is 12.1 Å². The van der Waals surface area contributed by atoms with Crippen molar-refractivity contribution in [2.75, 3.05) is 5.73 Å². The number of halogens is 1. The smallest absolute Gasteiger partial charge is 0.205 e. The van der Waals surface area contributed by atoms with Crippen LogP contribution in [0.1, 0.15) is 11.1 Å². The molecule has 4 nitrogen and oxygen atoms in total. The van der Waals surface area contributed by atoms with Crippen LogP contribution in [0.4, 0.5) is 10.3 Å². The second-order valence-corrected chi connectivity index (χ2v) is 4.52. The van der Waals surface area contributed by atoms with Gasteiger partial charge < -0.3 is 5.73 Å². The Bertz CT molecular complexity index is 858. The lowest BCUT2D eigenvalue weighted by Gasteiger charge is -2.10. The average molecular weight is 266 g/mol. The summed E-state index contributed by atoms with van der Waals surface area (Å²) in [5.74, 6) is -0.0237. The number of aryl methyl sites for hydroxylation is 1. The zero-order valence-electron chi connectivity index (χ0n) is 10.8. The van der Waals surface area contributed by atoms with Gasteiger partial charge in [-0.1, -0.05) is 6.07 Å². The number of nitrogens with two attached hydrogens (primary N) is 1. The molecular weight excluding hydrogens is 255 g/mol. The quantitative estimate of drug-likeness (QED) is 0.736. The van der Waals surface area contributed by atoms with E-state index in [0.717, 1.165) is 16.8 Å². The molecule has 2 N–H and O–H groups in total. The molecule has 2 aromatic carbocycles. The number of fused-ring (bicyclic) bond motifs is 1. The summed E-state index contributed by atoms with van der Waals surface area (Å²) < 4.78 is 15.0. The summed E-state index contributed by atoms with van der Waals surface area (Å²) in [5, 5.41) is 9.11. The Morgan fingerprint density at radius 2 is 2.10 bits per heavy atom. The average Bonchev–Trinajstić information content (AvgIpc) is 2.75. The summed E-state index contributed by atoms with van der Waals surface area (Å²) in [6.07, 6.45) is 0. The fourth-order valence-corrected chi connectivity index (χ4v) is 2.33. The summed E-state index contributed by atoms with van der Waals surface area (Å²) in [5.41, 5.74) is 9.21. The van der Waals surface area contributed by atoms with Crippen LogP contribution in [-0.2, 0) is 0 Å². The summed E-state index contributed by atoms with van der Waals surface area (Å²) in [6.45, 7) is 1.80. The Kier molecular flexibility index (Phi) is 2.65. The fourth-order valence-electron chi connectivity index (χ4n) is 2.33. The van der Waals surface area contributed by atoms with Gasteiger partial charge in [0.1, 0.15) is 17.4 Å². The zero-order chi connectivity index (χ0) is 14.3. The first-order chi connectivity index (χ1) is 9.61. The number of hydrogen-bond donors (Lipinski definition) is 1. The maximum atomic E-state index is 13.2. The Hall–Kier alpha value is -2.87. The predicted octanol–water partition coefficient (Wildman–Crippen LogP) is 2.93. The lowest BCUT2D eigenvalue weighted by Crippen LogP contribution is -2.02. The van der Waals surface area contributed by atoms with Gasteiger partial charge >= 0.3 is 0 Å². The van der Waals surface area contributed by atoms with Crippen molar-refractivity contribution < 1.29 is 4.39 Å². The van der Waals surface area contributed by atoms with Crippen LogP contribution in [0.2, 0.25) is 0 Å². The molecule has 0 bridgehead atoms. The zero-order valence-corrected chi connectivity index (χ0v) is 10.8. The molecule has 98 valence electrons. The molecule has 0 unspecified atom stereocenters. The van der Waals surface area contributed by atoms with Gasteiger partial charge in [-0.15, -0.1) is 0 Å². The van der Waals surface area contributed by atoms with E-state index in [1.807, 2.05) is 6.07 Å². The SMILES string of the molecule is Cc1cc(F)ccc1-n1c(N)nc2c(C#N)cccc21. The Balaban J connectivity index is 2.37. The summed E-state index contributed by atoms with van der Waals surface area (Å²) in [6, 6.07) is 11.9. The molecule has 20 heavy (non-hydrogen) atoms. The number of para-hydroxylation sites is 1. The van der Waals surface area contributed by atoms with Crippen molar-refractivity contribution in [1.82, 2.24) is 9.55 Å². The summed E-state index contributed by atoms with van der Waals surface area (Å²) >= 11 is 0. The predicted molar refractivity (Wildman–Crippen MR) is 74.9 cm³/mol. The minimum atomic E-state index is -0.299. The topological polar surface area (TPSA) is 67.6 Å². The van der Waals surface area contributed by atoms with Gasteiger partial charge in [0.05, 0.1) is 16.8 Å². The third-order valence-electron chi connectivity index (χ3n) is 3.23. The second kappa shape index (κ2) is 4.35. The molecular formula is C15H11FN4. The molecule has 0 spiro atoms. The van der Waals surface area contributed by atoms with Crippen LogP contribution >= 0.6 is 0 Å². The van der Waals surface area contributed by atoms with Gasteiger partial charge in [-0.2, -0.15) is 5.26 Å². The maximum Gasteiger partial charge on any atom is 0.205 e. The number of benzene rings is 2. The van der Waals surface area contributed by atoms with Crippen molar-refractivity contribution in [2.45, 2.75) is 6.92 Å². The molecule has 0 fully saturated rings. The third-order valence-corrected chi connectivity index (χ3v) is 3.23. The molecule has 0 radical (unpaired) electrons. The van der Waals surface area contributed by atoms with E-state index in [0.29, 0.717) is 11.1 Å². The summed E-state index contributed by atoms with van der Waals surface area (Å²) in [7, 11) is 0. The number of nitriles is 1. The Morgan fingerprint density at radius 3 is 2.80 bits per heavy atom. The molecule has 0 aliphatic carbocycles. The van der Waals surface area contributed by atoms with Gasteiger partial charge in [0, 0.05) is 0 Å². The number of nitrogens with zero attached hydrogens (tertiary/aromatic N) is 3. The van der Waals surface area contributed by atoms with Crippen LogP contribution in [0.3, 0.4) is 0 Å². The highest BCUT2D eigenvalue weighted by molar-refractivity contribution is 5.86. The van der Waals surface area contributed by atoms with Gasteiger partial charge in [0.15, 0.2) is 0 Å². The lowest BCUT2D eigenvalue weighted by atomic mass is 10.1. The third kappa shape index (κ3) is 1.70. The van der Waals surface area contributed by atoms with Crippen LogP contribution in [-0.4, -0.2) is 9.55 Å². The molecule has 1 aromatic heterocycles. The first-order valence-electron chi connectivity index (χ1n) is 6.05. The number of rotatable bonds is 1. The molecule has 0 amide bonds. The summed E-state index contributed by atoms with van der Waals surface area (Å²) in [4.78, 5) is 4.25. The standard InChI is InChI=1S/C15H11FN4/c1-9-7-11(16)5-6-12(9)20-13-4-2-3-10(8-17)14(13)19-15(20)18/h2-7H,1H3,(H2,18,19). The highest BCUT2D eigenvalue weighted by Gasteiger charge is 2.14. The van der Waals surface area contributed by atoms with Crippen molar-refractivity contribution in [2.24, 2.45) is 0 Å². The van der Waals surface area contributed by atoms with Crippen molar-refractivity contribution in [1.29, 1.82) is 5.26 Å². The molecule has 3 aromatic rings. The number of nitrogen functional groups attached to an aromatic ring is 1. The molecule has 3 rings (SSSR count). The molecule has 0 saturated heterocycles. The van der Waals surface area contributed by atoms with Gasteiger partial charge in [-0.25, -0.2) is 9.37 Å². The normalized spacial score (nSPS) is 10.7. The van der Waals surface area contributed by atoms with Gasteiger partial charge in [0.25, 0.3) is 0 Å². The molecule has 0 aliphatic rings. The molecule has 5 heteroatoms. The number of imidazole rings is 1. The minimum Gasteiger partial charge on any atom is -0.369 e. The van der Waals surface area contributed by atoms with Crippen molar-refractivity contribution in [3.05, 3.63) is 53.3 Å². The number of aromatic nitrogens is 2. The van der Waals surface area contributed by atoms with E-state index in [1.54, 1.807) is 29.7 Å². The van der Waals surface area contributed by atoms with E-state index >= 15 is 0 Å². The number of anilines is 1. The van der Waals surface area contributed by atoms with Crippen molar-refractivity contribution >= 4 is 17.0 Å². The molecule has 0 atom stereocenters. The Labute approximate surface area is 114 Å². The maximum absolute atomic E-state index is 13.2. The van der Waals surface area contributed by atoms with Crippen LogP contribution in [0.15, 0.2) is 36.4 Å². The van der Waals surface area contributed by atoms with Crippen LogP contribution in [0.5, 0.6) is 0 Å². The van der Waals surface area contributed by atoms with E-state index in [-0.39, 0.29) is 11.8 Å². The Morgan fingerprint density at radius 1 is 1.30 bits per heavy atom. The highest BCUT2D eigenvalue weighted by atomic mass is 19.1. The van der Waals surface area contributed by atoms with Crippen LogP contribution < -0.4 is 5.73 Å². The largest absolute Gasteiger partial charge is 0.369 e. The first-order valence-corrected chi connectivity index (χ1v) is 6.05. The number of hydrogen-bond acceptors (Lipinski definition) is 3. The van der Waals surface area contributed by atoms with E-state index in [2.05, 4.69) is 11.1 Å². The fraction of sp³-hybridized carbons (Fsp3) is 0.0667. The van der Waals surface area contributed by atoms with Gasteiger partial charge in [-0.05, 0) is 42.8 Å². The van der Waals surface area contributed by atoms with Crippen molar-refractivity contribution in [3.63, 3.8) is 0 Å². The molecule has 0 aliphatic heterocycles. The molecule has 1 heterocycles. The van der Waals surface area contributed by atoms with E-state index in [9.17, 15) is 4.39 Å². The monoisotopic (exact) mass is 266 g/mol. The van der Waals surface area contributed by atoms with Gasteiger partial charge in [-0.3, -0.25) is 4.57 Å².